The van der Waals surface area contributed by atoms with Gasteiger partial charge < -0.3 is 14.6 Å². The SMILES string of the molecule is CCOC(=O)C1=C(O)OCC[N+]12CC=CCC2. The largest absolute Gasteiger partial charge is 0.476 e. The maximum atomic E-state index is 11.9. The summed E-state index contributed by atoms with van der Waals surface area (Å²) >= 11 is 0. The maximum Gasteiger partial charge on any atom is 0.400 e. The van der Waals surface area contributed by atoms with E-state index in [-0.39, 0.29) is 11.6 Å². The maximum absolute atomic E-state index is 11.9. The van der Waals surface area contributed by atoms with E-state index in [1.807, 2.05) is 6.08 Å². The lowest BCUT2D eigenvalue weighted by Crippen LogP contribution is -2.56. The molecule has 0 aromatic rings. The molecule has 0 aromatic carbocycles. The first kappa shape index (κ1) is 12.0. The number of rotatable bonds is 2. The van der Waals surface area contributed by atoms with Crippen molar-refractivity contribution in [2.24, 2.45) is 0 Å². The summed E-state index contributed by atoms with van der Waals surface area (Å²) in [5.74, 6) is -0.745. The number of carbonyl (C=O) groups is 1. The minimum absolute atomic E-state index is 0.266. The highest BCUT2D eigenvalue weighted by Gasteiger charge is 2.45. The molecule has 0 bridgehead atoms. The van der Waals surface area contributed by atoms with Crippen molar-refractivity contribution in [2.75, 3.05) is 32.8 Å². The number of nitrogens with zero attached hydrogens (tertiary/aromatic N) is 1. The molecule has 2 rings (SSSR count). The predicted molar refractivity (Wildman–Crippen MR) is 60.9 cm³/mol. The fourth-order valence-corrected chi connectivity index (χ4v) is 2.39. The lowest BCUT2D eigenvalue weighted by Gasteiger charge is -2.41. The van der Waals surface area contributed by atoms with E-state index in [0.717, 1.165) is 13.0 Å². The van der Waals surface area contributed by atoms with E-state index in [4.69, 9.17) is 9.47 Å². The molecule has 1 spiro atoms. The van der Waals surface area contributed by atoms with Crippen molar-refractivity contribution in [3.8, 4) is 0 Å². The minimum Gasteiger partial charge on any atom is -0.476 e. The number of carbonyl (C=O) groups excluding carboxylic acids is 1. The summed E-state index contributed by atoms with van der Waals surface area (Å²) in [6, 6.07) is 0. The molecule has 0 aromatic heterocycles. The fraction of sp³-hybridized carbons (Fsp3) is 0.583. The van der Waals surface area contributed by atoms with Crippen LogP contribution in [0.15, 0.2) is 23.8 Å². The second kappa shape index (κ2) is 4.79. The Bertz CT molecular complexity index is 375. The molecular weight excluding hydrogens is 222 g/mol. The quantitative estimate of drug-likeness (QED) is 0.446. The third kappa shape index (κ3) is 2.15. The summed E-state index contributed by atoms with van der Waals surface area (Å²) in [4.78, 5) is 11.9. The Balaban J connectivity index is 2.33. The van der Waals surface area contributed by atoms with E-state index < -0.39 is 5.97 Å². The molecule has 0 aliphatic carbocycles. The standard InChI is InChI=1S/C12H17NO4/c1-2-16-11(14)10-12(15)17-9-8-13(10)6-4-3-5-7-13/h3-4H,2,5-9H2,1H3/p+1. The molecule has 1 N–H and O–H groups in total. The molecule has 5 heteroatoms. The highest BCUT2D eigenvalue weighted by Crippen LogP contribution is 2.29. The number of ether oxygens (including phenoxy) is 2. The van der Waals surface area contributed by atoms with E-state index in [2.05, 4.69) is 6.08 Å². The van der Waals surface area contributed by atoms with Crippen LogP contribution in [0.2, 0.25) is 0 Å². The van der Waals surface area contributed by atoms with E-state index in [0.29, 0.717) is 30.8 Å². The van der Waals surface area contributed by atoms with Gasteiger partial charge in [0.25, 0.3) is 5.70 Å². The number of aliphatic hydroxyl groups excluding tert-OH is 1. The van der Waals surface area contributed by atoms with Gasteiger partial charge in [-0.3, -0.25) is 4.48 Å². The Morgan fingerprint density at radius 2 is 2.35 bits per heavy atom. The van der Waals surface area contributed by atoms with Gasteiger partial charge in [0.05, 0.1) is 13.2 Å². The molecule has 94 valence electrons. The first-order valence-electron chi connectivity index (χ1n) is 5.94. The number of esters is 1. The summed E-state index contributed by atoms with van der Waals surface area (Å²) < 4.78 is 10.5. The molecule has 0 fully saturated rings. The third-order valence-electron chi connectivity index (χ3n) is 3.25. The van der Waals surface area contributed by atoms with Crippen LogP contribution in [0.5, 0.6) is 0 Å². The van der Waals surface area contributed by atoms with Crippen molar-refractivity contribution in [1.29, 1.82) is 0 Å². The second-order valence-corrected chi connectivity index (χ2v) is 4.26. The van der Waals surface area contributed by atoms with E-state index in [1.54, 1.807) is 6.92 Å². The number of quaternary nitrogens is 1. The molecule has 1 unspecified atom stereocenters. The van der Waals surface area contributed by atoms with Gasteiger partial charge >= 0.3 is 11.9 Å². The summed E-state index contributed by atoms with van der Waals surface area (Å²) in [7, 11) is 0. The third-order valence-corrected chi connectivity index (χ3v) is 3.25. The van der Waals surface area contributed by atoms with E-state index in [1.165, 1.54) is 0 Å². The summed E-state index contributed by atoms with van der Waals surface area (Å²) in [5, 5.41) is 9.80. The molecule has 5 nitrogen and oxygen atoms in total. The first-order chi connectivity index (χ1) is 8.19. The van der Waals surface area contributed by atoms with Gasteiger partial charge in [-0.05, 0) is 13.0 Å². The van der Waals surface area contributed by atoms with Gasteiger partial charge in [-0.15, -0.1) is 0 Å². The Kier molecular flexibility index (Phi) is 3.38. The minimum atomic E-state index is -0.472. The van der Waals surface area contributed by atoms with Crippen LogP contribution >= 0.6 is 0 Å². The van der Waals surface area contributed by atoms with Gasteiger partial charge in [-0.1, -0.05) is 6.08 Å². The summed E-state index contributed by atoms with van der Waals surface area (Å²) in [6.07, 6.45) is 5.04. The molecule has 0 radical (unpaired) electrons. The van der Waals surface area contributed by atoms with Crippen LogP contribution in [0.25, 0.3) is 0 Å². The molecule has 17 heavy (non-hydrogen) atoms. The van der Waals surface area contributed by atoms with Crippen LogP contribution < -0.4 is 0 Å². The lowest BCUT2D eigenvalue weighted by molar-refractivity contribution is -0.889. The van der Waals surface area contributed by atoms with Gasteiger partial charge in [0.2, 0.25) is 0 Å². The predicted octanol–water partition coefficient (Wildman–Crippen LogP) is 1.08. The van der Waals surface area contributed by atoms with Crippen molar-refractivity contribution in [2.45, 2.75) is 13.3 Å². The number of hydrogen-bond donors (Lipinski definition) is 1. The van der Waals surface area contributed by atoms with Crippen LogP contribution in [-0.4, -0.2) is 48.4 Å². The van der Waals surface area contributed by atoms with Gasteiger partial charge in [-0.25, -0.2) is 4.79 Å². The van der Waals surface area contributed by atoms with Crippen molar-refractivity contribution in [3.63, 3.8) is 0 Å². The fourth-order valence-electron chi connectivity index (χ4n) is 2.39. The first-order valence-corrected chi connectivity index (χ1v) is 5.94. The average Bonchev–Trinajstić information content (AvgIpc) is 2.30. The average molecular weight is 240 g/mol. The topological polar surface area (TPSA) is 55.8 Å². The number of hydrogen-bond acceptors (Lipinski definition) is 4. The van der Waals surface area contributed by atoms with Crippen molar-refractivity contribution < 1.29 is 23.9 Å². The van der Waals surface area contributed by atoms with Crippen LogP contribution in [0, 0.1) is 0 Å². The second-order valence-electron chi connectivity index (χ2n) is 4.26. The van der Waals surface area contributed by atoms with Gasteiger partial charge in [0.15, 0.2) is 0 Å². The van der Waals surface area contributed by atoms with E-state index in [9.17, 15) is 9.90 Å². The smallest absolute Gasteiger partial charge is 0.400 e. The molecule has 1 atom stereocenters. The zero-order valence-corrected chi connectivity index (χ0v) is 10.0. The van der Waals surface area contributed by atoms with Gasteiger partial charge in [0.1, 0.15) is 19.7 Å². The van der Waals surface area contributed by atoms with Crippen LogP contribution in [0.3, 0.4) is 0 Å². The molecule has 2 aliphatic heterocycles. The highest BCUT2D eigenvalue weighted by atomic mass is 16.6. The normalized spacial score (nSPS) is 28.1. The van der Waals surface area contributed by atoms with Gasteiger partial charge in [0, 0.05) is 6.42 Å². The summed E-state index contributed by atoms with van der Waals surface area (Å²) in [5.41, 5.74) is 0.266. The number of aliphatic hydroxyl groups is 1. The zero-order valence-electron chi connectivity index (χ0n) is 10.0. The van der Waals surface area contributed by atoms with Gasteiger partial charge in [-0.2, -0.15) is 0 Å². The van der Waals surface area contributed by atoms with E-state index >= 15 is 0 Å². The van der Waals surface area contributed by atoms with Crippen molar-refractivity contribution in [1.82, 2.24) is 0 Å². The Morgan fingerprint density at radius 3 is 3.00 bits per heavy atom. The zero-order chi connectivity index (χ0) is 12.3. The Hall–Kier alpha value is -1.49. The molecule has 2 heterocycles. The summed E-state index contributed by atoms with van der Waals surface area (Å²) in [6.45, 7) is 4.69. The van der Waals surface area contributed by atoms with Crippen molar-refractivity contribution >= 4 is 5.97 Å². The van der Waals surface area contributed by atoms with Crippen LogP contribution in [-0.2, 0) is 14.3 Å². The molecule has 0 saturated carbocycles. The molecular formula is C12H18NO4+. The highest BCUT2D eigenvalue weighted by molar-refractivity contribution is 5.86. The molecule has 0 saturated heterocycles. The Labute approximate surface area is 101 Å². The van der Waals surface area contributed by atoms with Crippen LogP contribution in [0.1, 0.15) is 13.3 Å². The monoisotopic (exact) mass is 240 g/mol. The molecule has 2 aliphatic rings. The Morgan fingerprint density at radius 1 is 1.53 bits per heavy atom. The van der Waals surface area contributed by atoms with Crippen molar-refractivity contribution in [3.05, 3.63) is 23.8 Å². The lowest BCUT2D eigenvalue weighted by atomic mass is 10.1. The van der Waals surface area contributed by atoms with Crippen LogP contribution in [0.4, 0.5) is 0 Å². The molecule has 0 amide bonds.